The van der Waals surface area contributed by atoms with Crippen LogP contribution in [0.3, 0.4) is 0 Å². The molecule has 0 amide bonds. The van der Waals surface area contributed by atoms with Crippen LogP contribution in [0.2, 0.25) is 0 Å². The van der Waals surface area contributed by atoms with E-state index in [0.717, 1.165) is 39.0 Å². The van der Waals surface area contributed by atoms with Crippen LogP contribution in [-0.2, 0) is 0 Å². The lowest BCUT2D eigenvalue weighted by atomic mass is 9.97. The maximum atomic E-state index is 9.06. The van der Waals surface area contributed by atoms with Crippen molar-refractivity contribution < 1.29 is 5.11 Å². The molecule has 0 radical (unpaired) electrons. The Morgan fingerprint density at radius 3 is 2.56 bits per heavy atom. The molecule has 0 saturated carbocycles. The van der Waals surface area contributed by atoms with Gasteiger partial charge in [0.25, 0.3) is 0 Å². The van der Waals surface area contributed by atoms with E-state index >= 15 is 0 Å². The first-order chi connectivity index (χ1) is 7.61. The average Bonchev–Trinajstić information content (AvgIpc) is 2.27. The summed E-state index contributed by atoms with van der Waals surface area (Å²) in [5.41, 5.74) is 1.26. The third kappa shape index (κ3) is 5.10. The van der Waals surface area contributed by atoms with Gasteiger partial charge in [-0.15, -0.1) is 0 Å². The van der Waals surface area contributed by atoms with E-state index < -0.39 is 0 Å². The lowest BCUT2D eigenvalue weighted by molar-refractivity contribution is 0.137. The lowest BCUT2D eigenvalue weighted by Gasteiger charge is -2.31. The van der Waals surface area contributed by atoms with Gasteiger partial charge < -0.3 is 10.4 Å². The number of piperidine rings is 1. The molecule has 0 aromatic heterocycles. The second-order valence-electron chi connectivity index (χ2n) is 5.19. The zero-order valence-corrected chi connectivity index (χ0v) is 10.7. The van der Waals surface area contributed by atoms with Crippen molar-refractivity contribution >= 4 is 0 Å². The van der Waals surface area contributed by atoms with Crippen LogP contribution in [0.5, 0.6) is 0 Å². The topological polar surface area (TPSA) is 35.5 Å². The Hall–Kier alpha value is -0.380. The van der Waals surface area contributed by atoms with Crippen LogP contribution >= 0.6 is 0 Å². The Labute approximate surface area is 99.5 Å². The fraction of sp³-hybridized carbons (Fsp3) is 0.846. The van der Waals surface area contributed by atoms with Gasteiger partial charge in [0.15, 0.2) is 0 Å². The fourth-order valence-electron chi connectivity index (χ4n) is 2.05. The maximum absolute atomic E-state index is 9.06. The third-order valence-electron chi connectivity index (χ3n) is 3.17. The van der Waals surface area contributed by atoms with Crippen molar-refractivity contribution in [3.8, 4) is 0 Å². The van der Waals surface area contributed by atoms with Crippen molar-refractivity contribution in [2.45, 2.75) is 32.7 Å². The lowest BCUT2D eigenvalue weighted by Crippen LogP contribution is -2.37. The fourth-order valence-corrected chi connectivity index (χ4v) is 2.05. The van der Waals surface area contributed by atoms with Gasteiger partial charge in [-0.3, -0.25) is 4.90 Å². The van der Waals surface area contributed by atoms with Crippen LogP contribution < -0.4 is 5.32 Å². The summed E-state index contributed by atoms with van der Waals surface area (Å²) in [4.78, 5) is 2.44. The zero-order chi connectivity index (χ0) is 12.0. The number of aliphatic hydroxyl groups is 1. The second-order valence-corrected chi connectivity index (χ2v) is 5.19. The molecule has 0 aliphatic carbocycles. The Morgan fingerprint density at radius 1 is 1.44 bits per heavy atom. The van der Waals surface area contributed by atoms with Crippen LogP contribution in [0.1, 0.15) is 26.7 Å². The molecule has 1 aliphatic rings. The largest absolute Gasteiger partial charge is 0.396 e. The molecule has 1 rings (SSSR count). The first-order valence-corrected chi connectivity index (χ1v) is 6.35. The second kappa shape index (κ2) is 7.05. The van der Waals surface area contributed by atoms with Crippen molar-refractivity contribution in [3.05, 3.63) is 12.2 Å². The molecule has 1 fully saturated rings. The van der Waals surface area contributed by atoms with Crippen molar-refractivity contribution in [3.63, 3.8) is 0 Å². The summed E-state index contributed by atoms with van der Waals surface area (Å²) in [7, 11) is 0. The predicted molar refractivity (Wildman–Crippen MR) is 68.5 cm³/mol. The standard InChI is InChI=1S/C13H26N2O/c1-11(2)14-8-12(3)9-15-6-4-13(10-16)5-7-15/h11,13-14,16H,3-10H2,1-2H3. The summed E-state index contributed by atoms with van der Waals surface area (Å²) in [5.74, 6) is 0.526. The summed E-state index contributed by atoms with van der Waals surface area (Å²) in [6, 6.07) is 0.525. The molecule has 0 bridgehead atoms. The monoisotopic (exact) mass is 226 g/mol. The highest BCUT2D eigenvalue weighted by Gasteiger charge is 2.18. The molecule has 94 valence electrons. The molecule has 0 atom stereocenters. The number of nitrogens with zero attached hydrogens (tertiary/aromatic N) is 1. The summed E-state index contributed by atoms with van der Waals surface area (Å²) in [6.07, 6.45) is 2.25. The summed E-state index contributed by atoms with van der Waals surface area (Å²) in [6.45, 7) is 12.9. The van der Waals surface area contributed by atoms with E-state index in [2.05, 4.69) is 30.6 Å². The third-order valence-corrected chi connectivity index (χ3v) is 3.17. The van der Waals surface area contributed by atoms with E-state index in [9.17, 15) is 0 Å². The van der Waals surface area contributed by atoms with Gasteiger partial charge in [0, 0.05) is 25.7 Å². The van der Waals surface area contributed by atoms with Gasteiger partial charge in [-0.05, 0) is 37.4 Å². The van der Waals surface area contributed by atoms with Gasteiger partial charge >= 0.3 is 0 Å². The molecule has 3 nitrogen and oxygen atoms in total. The van der Waals surface area contributed by atoms with Crippen molar-refractivity contribution in [2.24, 2.45) is 5.92 Å². The van der Waals surface area contributed by atoms with Crippen LogP contribution in [0.15, 0.2) is 12.2 Å². The zero-order valence-electron chi connectivity index (χ0n) is 10.7. The van der Waals surface area contributed by atoms with Crippen LogP contribution in [-0.4, -0.2) is 48.8 Å². The number of aliphatic hydroxyl groups excluding tert-OH is 1. The molecular formula is C13H26N2O. The highest BCUT2D eigenvalue weighted by Crippen LogP contribution is 2.16. The van der Waals surface area contributed by atoms with E-state index in [4.69, 9.17) is 5.11 Å². The highest BCUT2D eigenvalue weighted by atomic mass is 16.3. The molecule has 16 heavy (non-hydrogen) atoms. The molecule has 3 heteroatoms. The molecule has 0 aromatic rings. The Kier molecular flexibility index (Phi) is 6.03. The maximum Gasteiger partial charge on any atom is 0.0460 e. The van der Waals surface area contributed by atoms with Crippen LogP contribution in [0.25, 0.3) is 0 Å². The molecule has 0 spiro atoms. The number of hydrogen-bond acceptors (Lipinski definition) is 3. The van der Waals surface area contributed by atoms with Crippen LogP contribution in [0, 0.1) is 5.92 Å². The Morgan fingerprint density at radius 2 is 2.06 bits per heavy atom. The van der Waals surface area contributed by atoms with E-state index in [-0.39, 0.29) is 0 Å². The molecule has 1 saturated heterocycles. The first-order valence-electron chi connectivity index (χ1n) is 6.35. The Bertz CT molecular complexity index is 208. The van der Waals surface area contributed by atoms with E-state index in [1.165, 1.54) is 5.57 Å². The van der Waals surface area contributed by atoms with Gasteiger partial charge in [0.05, 0.1) is 0 Å². The number of nitrogens with one attached hydrogen (secondary N) is 1. The Balaban J connectivity index is 2.15. The summed E-state index contributed by atoms with van der Waals surface area (Å²) in [5, 5.41) is 12.4. The summed E-state index contributed by atoms with van der Waals surface area (Å²) < 4.78 is 0. The minimum absolute atomic E-state index is 0.351. The molecule has 0 unspecified atom stereocenters. The SMILES string of the molecule is C=C(CNC(C)C)CN1CCC(CO)CC1. The predicted octanol–water partition coefficient (Wildman–Crippen LogP) is 1.24. The van der Waals surface area contributed by atoms with Gasteiger partial charge in [0.1, 0.15) is 0 Å². The molecule has 0 aromatic carbocycles. The van der Waals surface area contributed by atoms with Crippen LogP contribution in [0.4, 0.5) is 0 Å². The van der Waals surface area contributed by atoms with Gasteiger partial charge in [-0.1, -0.05) is 20.4 Å². The first kappa shape index (κ1) is 13.7. The number of hydrogen-bond donors (Lipinski definition) is 2. The molecule has 1 aliphatic heterocycles. The van der Waals surface area contributed by atoms with E-state index in [1.54, 1.807) is 0 Å². The van der Waals surface area contributed by atoms with Gasteiger partial charge in [-0.2, -0.15) is 0 Å². The van der Waals surface area contributed by atoms with Crippen molar-refractivity contribution in [2.75, 3.05) is 32.8 Å². The van der Waals surface area contributed by atoms with E-state index in [0.29, 0.717) is 18.6 Å². The van der Waals surface area contributed by atoms with Crippen molar-refractivity contribution in [1.29, 1.82) is 0 Å². The normalized spacial score (nSPS) is 19.2. The minimum atomic E-state index is 0.351. The van der Waals surface area contributed by atoms with Gasteiger partial charge in [0.2, 0.25) is 0 Å². The number of rotatable bonds is 6. The average molecular weight is 226 g/mol. The quantitative estimate of drug-likeness (QED) is 0.669. The highest BCUT2D eigenvalue weighted by molar-refractivity contribution is 5.00. The van der Waals surface area contributed by atoms with E-state index in [1.807, 2.05) is 0 Å². The molecular weight excluding hydrogens is 200 g/mol. The van der Waals surface area contributed by atoms with Crippen molar-refractivity contribution in [1.82, 2.24) is 10.2 Å². The van der Waals surface area contributed by atoms with Gasteiger partial charge in [-0.25, -0.2) is 0 Å². The number of likely N-dealkylation sites (tertiary alicyclic amines) is 1. The molecule has 1 heterocycles. The smallest absolute Gasteiger partial charge is 0.0460 e. The minimum Gasteiger partial charge on any atom is -0.396 e. The summed E-state index contributed by atoms with van der Waals surface area (Å²) >= 11 is 0. The molecule has 2 N–H and O–H groups in total.